The van der Waals surface area contributed by atoms with E-state index in [0.717, 1.165) is 0 Å². The zero-order valence-electron chi connectivity index (χ0n) is 4.00. The third-order valence-corrected chi connectivity index (χ3v) is 0.402. The fourth-order valence-electron chi connectivity index (χ4n) is 0.196. The van der Waals surface area contributed by atoms with Gasteiger partial charge in [-0.2, -0.15) is 0 Å². The van der Waals surface area contributed by atoms with Gasteiger partial charge in [0.1, 0.15) is 0 Å². The minimum absolute atomic E-state index is 0. The van der Waals surface area contributed by atoms with Crippen LogP contribution in [0.4, 0.5) is 5.95 Å². The van der Waals surface area contributed by atoms with Gasteiger partial charge in [-0.25, -0.2) is 5.10 Å². The second-order valence-electron chi connectivity index (χ2n) is 0.818. The first-order chi connectivity index (χ1) is 2.89. The van der Waals surface area contributed by atoms with Crippen molar-refractivity contribution in [1.82, 2.24) is 15.2 Å². The van der Waals surface area contributed by atoms with E-state index in [2.05, 4.69) is 15.2 Å². The summed E-state index contributed by atoms with van der Waals surface area (Å²) in [5, 5.41) is 6.67. The van der Waals surface area contributed by atoms with Crippen molar-refractivity contribution in [2.75, 3.05) is 5.73 Å². The maximum absolute atomic E-state index is 4.99. The van der Waals surface area contributed by atoms with Gasteiger partial charge >= 0.3 is 58.2 Å². The molecule has 0 fully saturated rings. The van der Waals surface area contributed by atoms with Crippen LogP contribution in [0.2, 0.25) is 0 Å². The van der Waals surface area contributed by atoms with Gasteiger partial charge in [-0.1, -0.05) is 0 Å². The van der Waals surface area contributed by atoms with E-state index in [4.69, 9.17) is 5.73 Å². The van der Waals surface area contributed by atoms with Crippen molar-refractivity contribution in [3.05, 3.63) is 6.33 Å². The first-order valence-electron chi connectivity index (χ1n) is 1.45. The first-order valence-corrected chi connectivity index (χ1v) is 1.45. The van der Waals surface area contributed by atoms with Crippen molar-refractivity contribution in [2.45, 2.75) is 0 Å². The van der Waals surface area contributed by atoms with Gasteiger partial charge in [-0.15, -0.1) is 0 Å². The van der Waals surface area contributed by atoms with Crippen LogP contribution in [0.1, 0.15) is 0 Å². The topological polar surface area (TPSA) is 65.9 Å². The summed E-state index contributed by atoms with van der Waals surface area (Å²) in [4.78, 5) is 3.47. The molecule has 0 aliphatic rings. The monoisotopic (exact) mass is 168 g/mol. The van der Waals surface area contributed by atoms with Crippen LogP contribution in [0.3, 0.4) is 0 Å². The van der Waals surface area contributed by atoms with E-state index in [1.54, 1.807) is 0 Å². The molecule has 0 saturated carbocycles. The van der Waals surface area contributed by atoms with Crippen LogP contribution in [0.25, 0.3) is 0 Å². The third kappa shape index (κ3) is 2.53. The molecule has 7 heavy (non-hydrogen) atoms. The molecule has 0 aliphatic heterocycles. The SMILES string of the molecule is Nc1ncn[n-]1.[Rb+]. The summed E-state index contributed by atoms with van der Waals surface area (Å²) in [6.45, 7) is 0. The number of hydrogen-bond donors (Lipinski definition) is 1. The summed E-state index contributed by atoms with van der Waals surface area (Å²) in [6.07, 6.45) is 1.30. The van der Waals surface area contributed by atoms with E-state index in [9.17, 15) is 0 Å². The van der Waals surface area contributed by atoms with Crippen molar-refractivity contribution in [3.63, 3.8) is 0 Å². The van der Waals surface area contributed by atoms with Gasteiger partial charge in [0.2, 0.25) is 0 Å². The largest absolute Gasteiger partial charge is 1.00 e. The zero-order valence-corrected chi connectivity index (χ0v) is 8.91. The van der Waals surface area contributed by atoms with Crippen molar-refractivity contribution >= 4 is 5.95 Å². The fraction of sp³-hybridized carbons (Fsp3) is 0. The molecule has 0 saturated heterocycles. The van der Waals surface area contributed by atoms with Crippen LogP contribution in [0.15, 0.2) is 6.33 Å². The molecule has 5 heteroatoms. The van der Waals surface area contributed by atoms with Gasteiger partial charge in [-0.05, 0) is 0 Å². The van der Waals surface area contributed by atoms with Gasteiger partial charge in [0, 0.05) is 5.95 Å². The molecule has 1 aromatic heterocycles. The second kappa shape index (κ2) is 3.71. The summed E-state index contributed by atoms with van der Waals surface area (Å²) >= 11 is 0. The number of anilines is 1. The molecule has 1 aromatic rings. The van der Waals surface area contributed by atoms with E-state index >= 15 is 0 Å². The minimum atomic E-state index is 0. The summed E-state index contributed by atoms with van der Waals surface area (Å²) in [5.41, 5.74) is 4.99. The molecule has 0 spiro atoms. The Balaban J connectivity index is 0.000000360. The number of aromatic nitrogens is 3. The average molecular weight is 169 g/mol. The first kappa shape index (κ1) is 7.75. The quantitative estimate of drug-likeness (QED) is 0.429. The molecule has 1 rings (SSSR count). The number of hydrogen-bond acceptors (Lipinski definition) is 3. The number of rotatable bonds is 0. The Morgan fingerprint density at radius 1 is 1.71 bits per heavy atom. The van der Waals surface area contributed by atoms with Crippen LogP contribution >= 0.6 is 0 Å². The van der Waals surface area contributed by atoms with Crippen LogP contribution in [0.5, 0.6) is 0 Å². The average Bonchev–Trinajstić information content (AvgIpc) is 1.86. The molecule has 0 radical (unpaired) electrons. The molecule has 0 amide bonds. The summed E-state index contributed by atoms with van der Waals surface area (Å²) in [7, 11) is 0. The van der Waals surface area contributed by atoms with E-state index in [0.29, 0.717) is 0 Å². The zero-order chi connectivity index (χ0) is 4.41. The smallest absolute Gasteiger partial charge is 0.452 e. The maximum Gasteiger partial charge on any atom is 1.00 e. The molecule has 4 nitrogen and oxygen atoms in total. The summed E-state index contributed by atoms with van der Waals surface area (Å²) < 4.78 is 0. The summed E-state index contributed by atoms with van der Waals surface area (Å²) in [6, 6.07) is 0. The Hall–Kier alpha value is 0.745. The minimum Gasteiger partial charge on any atom is -0.452 e. The molecule has 0 aliphatic carbocycles. The maximum atomic E-state index is 4.99. The van der Waals surface area contributed by atoms with Crippen molar-refractivity contribution < 1.29 is 58.2 Å². The third-order valence-electron chi connectivity index (χ3n) is 0.402. The summed E-state index contributed by atoms with van der Waals surface area (Å²) in [5.74, 6) is 0.231. The molecule has 0 aromatic carbocycles. The molecule has 32 valence electrons. The van der Waals surface area contributed by atoms with E-state index in [1.165, 1.54) is 6.33 Å². The van der Waals surface area contributed by atoms with E-state index in [-0.39, 0.29) is 64.1 Å². The van der Waals surface area contributed by atoms with Crippen LogP contribution in [-0.4, -0.2) is 10.1 Å². The van der Waals surface area contributed by atoms with E-state index in [1.807, 2.05) is 0 Å². The number of nitrogens with zero attached hydrogens (tertiary/aromatic N) is 3. The Morgan fingerprint density at radius 2 is 2.43 bits per heavy atom. The number of nitrogen functional groups attached to an aromatic ring is 1. The van der Waals surface area contributed by atoms with Crippen LogP contribution < -0.4 is 69.0 Å². The standard InChI is InChI=1S/C2H3N4.Rb/c3-2-4-1-5-6-2;/h1H,(H2-,3,4,5,6);/q-1;+1. The van der Waals surface area contributed by atoms with Gasteiger partial charge in [0.05, 0.1) is 6.33 Å². The molecular formula is C2H3N4Rb. The molecule has 2 N–H and O–H groups in total. The van der Waals surface area contributed by atoms with Crippen LogP contribution in [-0.2, 0) is 0 Å². The van der Waals surface area contributed by atoms with Gasteiger partial charge < -0.3 is 10.7 Å². The van der Waals surface area contributed by atoms with Crippen molar-refractivity contribution in [3.8, 4) is 0 Å². The van der Waals surface area contributed by atoms with E-state index < -0.39 is 0 Å². The predicted molar refractivity (Wildman–Crippen MR) is 19.8 cm³/mol. The predicted octanol–water partition coefficient (Wildman–Crippen LogP) is -3.98. The normalized spacial score (nSPS) is 7.43. The molecular weight excluding hydrogens is 166 g/mol. The Labute approximate surface area is 89.7 Å². The van der Waals surface area contributed by atoms with Gasteiger partial charge in [0.15, 0.2) is 0 Å². The number of nitrogens with two attached hydrogens (primary N) is 1. The fourth-order valence-corrected chi connectivity index (χ4v) is 0.196. The molecule has 1 heterocycles. The molecule has 0 bridgehead atoms. The second-order valence-corrected chi connectivity index (χ2v) is 0.818. The van der Waals surface area contributed by atoms with Crippen molar-refractivity contribution in [1.29, 1.82) is 0 Å². The van der Waals surface area contributed by atoms with Crippen molar-refractivity contribution in [2.24, 2.45) is 0 Å². The Bertz CT molecular complexity index is 113. The Morgan fingerprint density at radius 3 is 2.57 bits per heavy atom. The van der Waals surface area contributed by atoms with Gasteiger partial charge in [-0.3, -0.25) is 5.10 Å². The van der Waals surface area contributed by atoms with Gasteiger partial charge in [0.25, 0.3) is 0 Å². The molecule has 0 unspecified atom stereocenters. The molecule has 0 atom stereocenters. The Kier molecular flexibility index (Phi) is 4.11. The van der Waals surface area contributed by atoms with Crippen LogP contribution in [0, 0.1) is 0 Å².